The van der Waals surface area contributed by atoms with E-state index in [9.17, 15) is 10.1 Å². The van der Waals surface area contributed by atoms with Gasteiger partial charge in [-0.25, -0.2) is 0 Å². The van der Waals surface area contributed by atoms with Gasteiger partial charge in [0.05, 0.1) is 15.0 Å². The Morgan fingerprint density at radius 3 is 2.38 bits per heavy atom. The van der Waals surface area contributed by atoms with Crippen LogP contribution in [0.3, 0.4) is 0 Å². The van der Waals surface area contributed by atoms with Gasteiger partial charge in [0, 0.05) is 28.2 Å². The Morgan fingerprint density at radius 1 is 1.05 bits per heavy atom. The smallest absolute Gasteiger partial charge is 0.293 e. The third kappa shape index (κ3) is 3.71. The van der Waals surface area contributed by atoms with Gasteiger partial charge in [0.1, 0.15) is 5.69 Å². The summed E-state index contributed by atoms with van der Waals surface area (Å²) in [7, 11) is 0. The third-order valence-electron chi connectivity index (χ3n) is 2.75. The fourth-order valence-electron chi connectivity index (χ4n) is 1.72. The van der Waals surface area contributed by atoms with Crippen LogP contribution in [0.25, 0.3) is 0 Å². The van der Waals surface area contributed by atoms with Gasteiger partial charge in [0.15, 0.2) is 0 Å². The molecule has 0 spiro atoms. The van der Waals surface area contributed by atoms with Gasteiger partial charge in [-0.1, -0.05) is 46.4 Å². The zero-order valence-electron chi connectivity index (χ0n) is 10.4. The van der Waals surface area contributed by atoms with E-state index in [1.807, 2.05) is 0 Å². The second-order valence-corrected chi connectivity index (χ2v) is 5.72. The zero-order valence-corrected chi connectivity index (χ0v) is 13.4. The molecule has 0 aliphatic carbocycles. The van der Waals surface area contributed by atoms with Crippen LogP contribution in [0.15, 0.2) is 30.3 Å². The van der Waals surface area contributed by atoms with Crippen LogP contribution in [0.5, 0.6) is 0 Å². The van der Waals surface area contributed by atoms with Crippen molar-refractivity contribution in [3.8, 4) is 0 Å². The van der Waals surface area contributed by atoms with Gasteiger partial charge in [0.25, 0.3) is 5.69 Å². The lowest BCUT2D eigenvalue weighted by atomic mass is 10.2. The minimum atomic E-state index is -0.518. The first kappa shape index (κ1) is 16.2. The summed E-state index contributed by atoms with van der Waals surface area (Å²) in [6.45, 7) is 0.195. The van der Waals surface area contributed by atoms with Crippen molar-refractivity contribution >= 4 is 57.8 Å². The number of halogens is 4. The van der Waals surface area contributed by atoms with E-state index >= 15 is 0 Å². The molecule has 0 unspecified atom stereocenters. The van der Waals surface area contributed by atoms with Crippen molar-refractivity contribution in [1.29, 1.82) is 0 Å². The number of nitrogens with one attached hydrogen (secondary N) is 1. The summed E-state index contributed by atoms with van der Waals surface area (Å²) in [6.07, 6.45) is 0. The molecule has 21 heavy (non-hydrogen) atoms. The number of hydrogen-bond acceptors (Lipinski definition) is 3. The molecule has 8 heteroatoms. The lowest BCUT2D eigenvalue weighted by Crippen LogP contribution is -2.04. The Labute approximate surface area is 140 Å². The number of nitrogens with zero attached hydrogens (tertiary/aromatic N) is 1. The predicted octanol–water partition coefficient (Wildman–Crippen LogP) is 5.82. The van der Waals surface area contributed by atoms with Gasteiger partial charge in [-0.15, -0.1) is 0 Å². The molecule has 0 bridgehead atoms. The fourth-order valence-corrected chi connectivity index (χ4v) is 2.57. The molecule has 0 saturated heterocycles. The van der Waals surface area contributed by atoms with E-state index in [4.69, 9.17) is 46.4 Å². The number of anilines is 1. The minimum Gasteiger partial charge on any atom is -0.375 e. The Balaban J connectivity index is 2.29. The highest BCUT2D eigenvalue weighted by molar-refractivity contribution is 6.44. The Morgan fingerprint density at radius 2 is 1.71 bits per heavy atom. The quantitative estimate of drug-likeness (QED) is 0.421. The largest absolute Gasteiger partial charge is 0.375 e. The van der Waals surface area contributed by atoms with E-state index in [2.05, 4.69) is 5.32 Å². The Hall–Kier alpha value is -1.20. The summed E-state index contributed by atoms with van der Waals surface area (Å²) < 4.78 is 0. The molecular formula is C13H8Cl4N2O2. The van der Waals surface area contributed by atoms with Gasteiger partial charge >= 0.3 is 0 Å². The summed E-state index contributed by atoms with van der Waals surface area (Å²) in [5, 5.41) is 15.3. The molecule has 0 fully saturated rings. The van der Waals surface area contributed by atoms with Crippen molar-refractivity contribution < 1.29 is 4.92 Å². The van der Waals surface area contributed by atoms with E-state index in [0.29, 0.717) is 26.3 Å². The number of nitro groups is 1. The first-order chi connectivity index (χ1) is 9.90. The van der Waals surface area contributed by atoms with E-state index < -0.39 is 4.92 Å². The predicted molar refractivity (Wildman–Crippen MR) is 86.9 cm³/mol. The molecule has 0 amide bonds. The molecule has 2 rings (SSSR count). The molecule has 2 aromatic carbocycles. The van der Waals surface area contributed by atoms with Crippen molar-refractivity contribution in [2.45, 2.75) is 6.54 Å². The van der Waals surface area contributed by atoms with Crippen molar-refractivity contribution in [2.75, 3.05) is 5.32 Å². The van der Waals surface area contributed by atoms with Crippen LogP contribution in [0.4, 0.5) is 11.4 Å². The number of nitro benzene ring substituents is 1. The molecule has 1 N–H and O–H groups in total. The summed E-state index contributed by atoms with van der Waals surface area (Å²) in [4.78, 5) is 10.5. The molecule has 4 nitrogen and oxygen atoms in total. The molecule has 0 heterocycles. The minimum absolute atomic E-state index is 0.128. The molecule has 0 atom stereocenters. The van der Waals surface area contributed by atoms with Crippen LogP contribution >= 0.6 is 46.4 Å². The topological polar surface area (TPSA) is 55.2 Å². The summed E-state index contributed by atoms with van der Waals surface area (Å²) in [5.41, 5.74) is 0.753. The van der Waals surface area contributed by atoms with Crippen molar-refractivity contribution in [3.05, 3.63) is 66.1 Å². The molecule has 0 radical (unpaired) electrons. The molecule has 2 aromatic rings. The average molecular weight is 366 g/mol. The Kier molecular flexibility index (Phi) is 5.17. The van der Waals surface area contributed by atoms with Crippen molar-refractivity contribution in [3.63, 3.8) is 0 Å². The highest BCUT2D eigenvalue weighted by Crippen LogP contribution is 2.33. The molecular weight excluding hydrogens is 358 g/mol. The first-order valence-corrected chi connectivity index (χ1v) is 7.21. The van der Waals surface area contributed by atoms with E-state index in [-0.39, 0.29) is 17.3 Å². The monoisotopic (exact) mass is 364 g/mol. The molecule has 0 aromatic heterocycles. The van der Waals surface area contributed by atoms with Crippen LogP contribution in [0.2, 0.25) is 20.1 Å². The third-order valence-corrected chi connectivity index (χ3v) is 4.18. The van der Waals surface area contributed by atoms with Gasteiger partial charge in [0.2, 0.25) is 0 Å². The number of benzene rings is 2. The normalized spacial score (nSPS) is 10.5. The van der Waals surface area contributed by atoms with Crippen molar-refractivity contribution in [2.24, 2.45) is 0 Å². The SMILES string of the molecule is O=[N+]([O-])c1cc(Cl)ccc1NCc1c(Cl)ccc(Cl)c1Cl. The molecule has 0 aliphatic rings. The van der Waals surface area contributed by atoms with Crippen LogP contribution in [0.1, 0.15) is 5.56 Å². The van der Waals surface area contributed by atoms with Crippen LogP contribution in [0, 0.1) is 10.1 Å². The van der Waals surface area contributed by atoms with E-state index in [1.165, 1.54) is 12.1 Å². The molecule has 0 saturated carbocycles. The number of rotatable bonds is 4. The lowest BCUT2D eigenvalue weighted by Gasteiger charge is -2.11. The summed E-state index contributed by atoms with van der Waals surface area (Å²) >= 11 is 23.8. The van der Waals surface area contributed by atoms with Crippen LogP contribution in [-0.4, -0.2) is 4.92 Å². The maximum Gasteiger partial charge on any atom is 0.293 e. The molecule has 0 aliphatic heterocycles. The summed E-state index contributed by atoms with van der Waals surface area (Å²) in [5.74, 6) is 0. The standard InChI is InChI=1S/C13H8Cl4N2O2/c14-7-1-4-11(12(5-7)19(20)21)18-6-8-9(15)2-3-10(16)13(8)17/h1-5,18H,6H2. The molecule has 110 valence electrons. The van der Waals surface area contributed by atoms with Crippen LogP contribution in [-0.2, 0) is 6.54 Å². The number of hydrogen-bond donors (Lipinski definition) is 1. The highest BCUT2D eigenvalue weighted by Gasteiger charge is 2.16. The van der Waals surface area contributed by atoms with Gasteiger partial charge in [-0.3, -0.25) is 10.1 Å². The van der Waals surface area contributed by atoms with Gasteiger partial charge in [-0.05, 0) is 24.3 Å². The first-order valence-electron chi connectivity index (χ1n) is 5.70. The van der Waals surface area contributed by atoms with Gasteiger partial charge in [-0.2, -0.15) is 0 Å². The maximum atomic E-state index is 11.0. The van der Waals surface area contributed by atoms with Gasteiger partial charge < -0.3 is 5.32 Å². The maximum absolute atomic E-state index is 11.0. The average Bonchev–Trinajstić information content (AvgIpc) is 2.44. The second-order valence-electron chi connectivity index (χ2n) is 4.09. The fraction of sp³-hybridized carbons (Fsp3) is 0.0769. The lowest BCUT2D eigenvalue weighted by molar-refractivity contribution is -0.383. The van der Waals surface area contributed by atoms with E-state index in [0.717, 1.165) is 0 Å². The highest BCUT2D eigenvalue weighted by atomic mass is 35.5. The zero-order chi connectivity index (χ0) is 15.6. The van der Waals surface area contributed by atoms with Crippen LogP contribution < -0.4 is 5.32 Å². The van der Waals surface area contributed by atoms with Crippen molar-refractivity contribution in [1.82, 2.24) is 0 Å². The Bertz CT molecular complexity index is 707. The van der Waals surface area contributed by atoms with E-state index in [1.54, 1.807) is 18.2 Å². The summed E-state index contributed by atoms with van der Waals surface area (Å²) in [6, 6.07) is 7.54. The second kappa shape index (κ2) is 6.71.